The first-order chi connectivity index (χ1) is 18.2. The summed E-state index contributed by atoms with van der Waals surface area (Å²) < 4.78 is 49.1. The van der Waals surface area contributed by atoms with E-state index in [4.69, 9.17) is 16.3 Å². The molecular weight excluding hydrogens is 537 g/mol. The number of nitrogens with zero attached hydrogens (tertiary/aromatic N) is 4. The molecule has 38 heavy (non-hydrogen) atoms. The molecule has 2 aliphatic rings. The molecule has 1 amide bonds. The smallest absolute Gasteiger partial charge is 0.379 e. The highest BCUT2D eigenvalue weighted by molar-refractivity contribution is 7.16. The lowest BCUT2D eigenvalue weighted by Crippen LogP contribution is -2.38. The third-order valence-electron chi connectivity index (χ3n) is 6.94. The maximum Gasteiger partial charge on any atom is 0.435 e. The van der Waals surface area contributed by atoms with Crippen molar-refractivity contribution in [2.45, 2.75) is 32.1 Å². The quantitative estimate of drug-likeness (QED) is 0.362. The van der Waals surface area contributed by atoms with Gasteiger partial charge in [-0.05, 0) is 29.7 Å². The van der Waals surface area contributed by atoms with Crippen molar-refractivity contribution in [1.82, 2.24) is 19.6 Å². The molecule has 0 spiro atoms. The Kier molecular flexibility index (Phi) is 7.95. The Morgan fingerprint density at radius 1 is 1.21 bits per heavy atom. The number of hydrogen-bond donors (Lipinski definition) is 0. The molecule has 202 valence electrons. The predicted octanol–water partition coefficient (Wildman–Crippen LogP) is 5.67. The molecule has 1 aromatic carbocycles. The van der Waals surface area contributed by atoms with Gasteiger partial charge in [-0.1, -0.05) is 41.9 Å². The summed E-state index contributed by atoms with van der Waals surface area (Å²) in [6.07, 6.45) is 0.302. The monoisotopic (exact) mass is 564 g/mol. The van der Waals surface area contributed by atoms with Crippen molar-refractivity contribution in [3.05, 3.63) is 74.7 Å². The lowest BCUT2D eigenvalue weighted by atomic mass is 9.84. The second kappa shape index (κ2) is 11.2. The van der Waals surface area contributed by atoms with E-state index in [2.05, 4.69) is 10.00 Å². The number of alkyl halides is 3. The summed E-state index contributed by atoms with van der Waals surface area (Å²) in [5.74, 6) is -0.466. The van der Waals surface area contributed by atoms with Crippen molar-refractivity contribution < 1.29 is 22.7 Å². The Labute approximate surface area is 228 Å². The minimum atomic E-state index is -4.60. The molecule has 0 N–H and O–H groups in total. The minimum Gasteiger partial charge on any atom is -0.379 e. The summed E-state index contributed by atoms with van der Waals surface area (Å²) in [6, 6.07) is 8.94. The van der Waals surface area contributed by atoms with Crippen molar-refractivity contribution >= 4 is 28.8 Å². The van der Waals surface area contributed by atoms with Crippen LogP contribution in [0.15, 0.2) is 48.7 Å². The van der Waals surface area contributed by atoms with Crippen LogP contribution in [0.25, 0.3) is 11.1 Å². The fourth-order valence-corrected chi connectivity index (χ4v) is 6.40. The molecule has 1 fully saturated rings. The zero-order valence-corrected chi connectivity index (χ0v) is 22.5. The van der Waals surface area contributed by atoms with Gasteiger partial charge in [-0.2, -0.15) is 18.3 Å². The number of hydrogen-bond acceptors (Lipinski definition) is 5. The van der Waals surface area contributed by atoms with E-state index in [1.807, 2.05) is 24.3 Å². The normalized spacial score (nSPS) is 18.8. The number of carbonyl (C=O) groups excluding carboxylic acids is 1. The van der Waals surface area contributed by atoms with Crippen molar-refractivity contribution in [2.24, 2.45) is 0 Å². The van der Waals surface area contributed by atoms with E-state index in [0.717, 1.165) is 23.5 Å². The first-order valence-electron chi connectivity index (χ1n) is 12.5. The average Bonchev–Trinajstić information content (AvgIpc) is 3.52. The van der Waals surface area contributed by atoms with Gasteiger partial charge in [0.1, 0.15) is 0 Å². The number of carbonyl (C=O) groups is 1. The van der Waals surface area contributed by atoms with E-state index >= 15 is 0 Å². The van der Waals surface area contributed by atoms with Crippen LogP contribution in [0.1, 0.15) is 34.5 Å². The molecule has 1 atom stereocenters. The van der Waals surface area contributed by atoms with E-state index < -0.39 is 11.9 Å². The number of amides is 1. The van der Waals surface area contributed by atoms with Gasteiger partial charge in [-0.15, -0.1) is 11.3 Å². The number of thiophene rings is 1. The van der Waals surface area contributed by atoms with Gasteiger partial charge >= 0.3 is 6.18 Å². The van der Waals surface area contributed by atoms with Gasteiger partial charge in [-0.3, -0.25) is 14.4 Å². The summed E-state index contributed by atoms with van der Waals surface area (Å²) >= 11 is 7.79. The van der Waals surface area contributed by atoms with Gasteiger partial charge in [0.2, 0.25) is 5.91 Å². The Hall–Kier alpha value is -2.66. The third-order valence-corrected chi connectivity index (χ3v) is 8.21. The SMILES string of the molecule is CCn1cc(-c2ccccc2[C@@H]2CN(C(=O)/C=C/CN3CCOCC3)Cc3sc(Cl)cc32)c(C(F)(F)F)n1. The number of fused-ring (bicyclic) bond motifs is 1. The Morgan fingerprint density at radius 2 is 1.97 bits per heavy atom. The highest BCUT2D eigenvalue weighted by Gasteiger charge is 2.39. The molecule has 3 aromatic rings. The molecular formula is C27H28ClF3N4O2S. The van der Waals surface area contributed by atoms with Gasteiger partial charge in [0.25, 0.3) is 0 Å². The molecule has 11 heteroatoms. The maximum atomic E-state index is 14.0. The summed E-state index contributed by atoms with van der Waals surface area (Å²) in [5, 5.41) is 3.81. The van der Waals surface area contributed by atoms with E-state index in [1.54, 1.807) is 30.0 Å². The number of halogens is 4. The van der Waals surface area contributed by atoms with E-state index in [-0.39, 0.29) is 17.4 Å². The van der Waals surface area contributed by atoms with Crippen LogP contribution < -0.4 is 0 Å². The van der Waals surface area contributed by atoms with Crippen LogP contribution in [0.3, 0.4) is 0 Å². The second-order valence-electron chi connectivity index (χ2n) is 9.35. The fourth-order valence-electron chi connectivity index (χ4n) is 5.05. The van der Waals surface area contributed by atoms with Crippen molar-refractivity contribution in [3.63, 3.8) is 0 Å². The molecule has 5 rings (SSSR count). The van der Waals surface area contributed by atoms with E-state index in [9.17, 15) is 18.0 Å². The number of aromatic nitrogens is 2. The Bertz CT molecular complexity index is 1330. The highest BCUT2D eigenvalue weighted by Crippen LogP contribution is 2.45. The molecule has 0 unspecified atom stereocenters. The molecule has 6 nitrogen and oxygen atoms in total. The van der Waals surface area contributed by atoms with Crippen LogP contribution in [0, 0.1) is 0 Å². The van der Waals surface area contributed by atoms with E-state index in [1.165, 1.54) is 22.2 Å². The standard InChI is InChI=1S/C27H28ClF3N4O2S/c1-2-35-16-22(26(32-35)27(29,30)31)19-7-4-3-6-18(19)21-15-34(17-23-20(21)14-24(28)38-23)25(36)8-5-9-33-10-12-37-13-11-33/h3-8,14,16,21H,2,9-13,15,17H2,1H3/b8-5+/t21-/m0/s1. The lowest BCUT2D eigenvalue weighted by molar-refractivity contribution is -0.141. The van der Waals surface area contributed by atoms with E-state index in [0.29, 0.717) is 54.9 Å². The molecule has 0 saturated carbocycles. The fraction of sp³-hybridized carbons (Fsp3) is 0.407. The minimum absolute atomic E-state index is 0.0340. The van der Waals surface area contributed by atoms with Crippen LogP contribution in [-0.4, -0.2) is 64.9 Å². The van der Waals surface area contributed by atoms with Crippen molar-refractivity contribution in [2.75, 3.05) is 39.4 Å². The van der Waals surface area contributed by atoms with Crippen LogP contribution in [0.2, 0.25) is 4.34 Å². The van der Waals surface area contributed by atoms with Crippen LogP contribution in [0.4, 0.5) is 13.2 Å². The molecule has 2 aliphatic heterocycles. The molecule has 0 bridgehead atoms. The topological polar surface area (TPSA) is 50.6 Å². The van der Waals surface area contributed by atoms with Gasteiger partial charge in [0.05, 0.1) is 24.1 Å². The van der Waals surface area contributed by atoms with Crippen LogP contribution >= 0.6 is 22.9 Å². The average molecular weight is 565 g/mol. The second-order valence-corrected chi connectivity index (χ2v) is 11.1. The van der Waals surface area contributed by atoms with Gasteiger partial charge in [-0.25, -0.2) is 0 Å². The molecule has 0 aliphatic carbocycles. The van der Waals surface area contributed by atoms with Crippen LogP contribution in [0.5, 0.6) is 0 Å². The summed E-state index contributed by atoms with van der Waals surface area (Å²) in [7, 11) is 0. The Balaban J connectivity index is 1.48. The number of ether oxygens (including phenoxy) is 1. The summed E-state index contributed by atoms with van der Waals surface area (Å²) in [4.78, 5) is 18.1. The Morgan fingerprint density at radius 3 is 2.71 bits per heavy atom. The lowest BCUT2D eigenvalue weighted by Gasteiger charge is -2.33. The zero-order chi connectivity index (χ0) is 26.9. The maximum absolute atomic E-state index is 14.0. The number of morpholine rings is 1. The van der Waals surface area contributed by atoms with Gasteiger partial charge in [0, 0.05) is 61.4 Å². The van der Waals surface area contributed by atoms with Gasteiger partial charge < -0.3 is 9.64 Å². The first-order valence-corrected chi connectivity index (χ1v) is 13.7. The largest absolute Gasteiger partial charge is 0.435 e. The summed E-state index contributed by atoms with van der Waals surface area (Å²) in [6.45, 7) is 6.49. The number of aryl methyl sites for hydroxylation is 1. The van der Waals surface area contributed by atoms with Crippen LogP contribution in [-0.2, 0) is 28.8 Å². The summed E-state index contributed by atoms with van der Waals surface area (Å²) in [5.41, 5.74) is 1.23. The number of rotatable bonds is 6. The third kappa shape index (κ3) is 5.68. The zero-order valence-electron chi connectivity index (χ0n) is 20.9. The first kappa shape index (κ1) is 26.9. The van der Waals surface area contributed by atoms with Gasteiger partial charge in [0.15, 0.2) is 5.69 Å². The molecule has 2 aromatic heterocycles. The van der Waals surface area contributed by atoms with Crippen molar-refractivity contribution in [1.29, 1.82) is 0 Å². The molecule has 1 saturated heterocycles. The highest BCUT2D eigenvalue weighted by atomic mass is 35.5. The molecule has 0 radical (unpaired) electrons. The predicted molar refractivity (Wildman–Crippen MR) is 141 cm³/mol. The molecule has 4 heterocycles. The number of benzene rings is 1. The van der Waals surface area contributed by atoms with Crippen molar-refractivity contribution in [3.8, 4) is 11.1 Å².